The number of fused-ring (bicyclic) bond motifs is 1. The van der Waals surface area contributed by atoms with Gasteiger partial charge in [0.15, 0.2) is 10.8 Å². The lowest BCUT2D eigenvalue weighted by Crippen LogP contribution is -2.16. The van der Waals surface area contributed by atoms with Crippen LogP contribution in [-0.4, -0.2) is 26.3 Å². The number of thioether (sulfide) groups is 1. The van der Waals surface area contributed by atoms with Crippen LogP contribution in [0.1, 0.15) is 30.9 Å². The summed E-state index contributed by atoms with van der Waals surface area (Å²) in [6.07, 6.45) is -3.53. The van der Waals surface area contributed by atoms with E-state index in [1.54, 1.807) is 0 Å². The van der Waals surface area contributed by atoms with Crippen LogP contribution >= 0.6 is 11.8 Å². The number of rotatable bonds is 5. The fraction of sp³-hybridized carbons (Fsp3) is 0.278. The molecule has 2 aromatic heterocycles. The summed E-state index contributed by atoms with van der Waals surface area (Å²) < 4.78 is 39.9. The van der Waals surface area contributed by atoms with Gasteiger partial charge in [0, 0.05) is 11.9 Å². The minimum Gasteiger partial charge on any atom is -0.325 e. The molecule has 0 radical (unpaired) electrons. The van der Waals surface area contributed by atoms with Crippen molar-refractivity contribution in [2.75, 3.05) is 11.1 Å². The van der Waals surface area contributed by atoms with Crippen molar-refractivity contribution in [3.8, 4) is 0 Å². The number of nitrogens with zero attached hydrogens (tertiary/aromatic N) is 3. The fourth-order valence-corrected chi connectivity index (χ4v) is 3.28. The van der Waals surface area contributed by atoms with Crippen molar-refractivity contribution in [2.45, 2.75) is 31.1 Å². The van der Waals surface area contributed by atoms with E-state index in [9.17, 15) is 18.0 Å². The number of anilines is 1. The van der Waals surface area contributed by atoms with Gasteiger partial charge in [0.05, 0.1) is 11.3 Å². The fourth-order valence-electron chi connectivity index (χ4n) is 2.57. The molecular formula is C18H17F3N4OS. The number of carbonyl (C=O) groups is 1. The van der Waals surface area contributed by atoms with E-state index in [1.807, 2.05) is 38.1 Å². The molecule has 0 bridgehead atoms. The van der Waals surface area contributed by atoms with E-state index in [2.05, 4.69) is 15.5 Å². The summed E-state index contributed by atoms with van der Waals surface area (Å²) in [5.41, 5.74) is 1.23. The molecule has 3 aromatic rings. The molecule has 0 aliphatic carbocycles. The quantitative estimate of drug-likeness (QED) is 0.643. The normalized spacial score (nSPS) is 11.9. The Kier molecular flexibility index (Phi) is 5.41. The minimum atomic E-state index is -4.46. The van der Waals surface area contributed by atoms with Gasteiger partial charge in [0.2, 0.25) is 5.91 Å². The predicted molar refractivity (Wildman–Crippen MR) is 97.9 cm³/mol. The van der Waals surface area contributed by atoms with Crippen molar-refractivity contribution in [2.24, 2.45) is 0 Å². The molecule has 0 aliphatic rings. The van der Waals surface area contributed by atoms with Crippen LogP contribution in [-0.2, 0) is 11.0 Å². The average molecular weight is 394 g/mol. The highest BCUT2D eigenvalue weighted by molar-refractivity contribution is 7.99. The van der Waals surface area contributed by atoms with Crippen LogP contribution < -0.4 is 5.32 Å². The Bertz CT molecular complexity index is 969. The topological polar surface area (TPSA) is 59.3 Å². The van der Waals surface area contributed by atoms with Gasteiger partial charge in [0.25, 0.3) is 0 Å². The third-order valence-electron chi connectivity index (χ3n) is 3.89. The zero-order chi connectivity index (χ0) is 19.6. The van der Waals surface area contributed by atoms with Gasteiger partial charge in [-0.15, -0.1) is 10.2 Å². The van der Waals surface area contributed by atoms with E-state index in [0.29, 0.717) is 0 Å². The first-order valence-corrected chi connectivity index (χ1v) is 9.18. The third kappa shape index (κ3) is 4.41. The summed E-state index contributed by atoms with van der Waals surface area (Å²) in [5.74, 6) is -0.0177. The largest absolute Gasteiger partial charge is 0.417 e. The lowest BCUT2D eigenvalue weighted by atomic mass is 10.0. The molecule has 0 saturated heterocycles. The predicted octanol–water partition coefficient (Wildman–Crippen LogP) is 4.60. The lowest BCUT2D eigenvalue weighted by Gasteiger charge is -2.13. The maximum Gasteiger partial charge on any atom is 0.417 e. The van der Waals surface area contributed by atoms with Gasteiger partial charge in [0.1, 0.15) is 0 Å². The molecule has 1 N–H and O–H groups in total. The number of alkyl halides is 3. The monoisotopic (exact) mass is 394 g/mol. The molecule has 27 heavy (non-hydrogen) atoms. The maximum absolute atomic E-state index is 12.9. The van der Waals surface area contributed by atoms with Crippen LogP contribution in [0.5, 0.6) is 0 Å². The number of hydrogen-bond acceptors (Lipinski definition) is 4. The van der Waals surface area contributed by atoms with Crippen molar-refractivity contribution in [1.29, 1.82) is 0 Å². The molecule has 9 heteroatoms. The van der Waals surface area contributed by atoms with Gasteiger partial charge < -0.3 is 5.32 Å². The van der Waals surface area contributed by atoms with Crippen molar-refractivity contribution >= 4 is 29.0 Å². The third-order valence-corrected chi connectivity index (χ3v) is 4.83. The Labute approximate surface area is 158 Å². The van der Waals surface area contributed by atoms with Gasteiger partial charge in [-0.1, -0.05) is 43.8 Å². The Morgan fingerprint density at radius 2 is 1.93 bits per heavy atom. The van der Waals surface area contributed by atoms with Crippen LogP contribution in [0.15, 0.2) is 47.8 Å². The van der Waals surface area contributed by atoms with E-state index >= 15 is 0 Å². The Morgan fingerprint density at radius 1 is 1.19 bits per heavy atom. The Hall–Kier alpha value is -2.55. The molecule has 0 aliphatic heterocycles. The number of nitrogens with one attached hydrogen (secondary N) is 1. The van der Waals surface area contributed by atoms with E-state index < -0.39 is 11.7 Å². The van der Waals surface area contributed by atoms with Gasteiger partial charge in [-0.25, -0.2) is 0 Å². The number of hydrogen-bond donors (Lipinski definition) is 1. The Morgan fingerprint density at radius 3 is 2.63 bits per heavy atom. The van der Waals surface area contributed by atoms with Crippen LogP contribution in [0.4, 0.5) is 18.9 Å². The van der Waals surface area contributed by atoms with E-state index in [1.165, 1.54) is 10.5 Å². The summed E-state index contributed by atoms with van der Waals surface area (Å²) in [7, 11) is 0. The van der Waals surface area contributed by atoms with E-state index in [-0.39, 0.29) is 28.4 Å². The van der Waals surface area contributed by atoms with Gasteiger partial charge in [-0.2, -0.15) is 13.2 Å². The van der Waals surface area contributed by atoms with Crippen molar-refractivity contribution in [3.05, 3.63) is 53.7 Å². The summed E-state index contributed by atoms with van der Waals surface area (Å²) in [6.45, 7) is 4.06. The first-order valence-electron chi connectivity index (χ1n) is 8.19. The average Bonchev–Trinajstić information content (AvgIpc) is 3.02. The molecular weight excluding hydrogens is 377 g/mol. The van der Waals surface area contributed by atoms with Crippen LogP contribution in [0.25, 0.3) is 5.65 Å². The molecule has 0 atom stereocenters. The standard InChI is InChI=1S/C18H17F3N4OS/c1-11(2)13-5-3-4-6-14(13)22-16(26)10-27-17-24-23-15-8-7-12(9-25(15)17)18(19,20)21/h3-9,11H,10H2,1-2H3,(H,22,26). The number of benzene rings is 1. The number of halogens is 3. The van der Waals surface area contributed by atoms with Crippen LogP contribution in [0.3, 0.4) is 0 Å². The summed E-state index contributed by atoms with van der Waals surface area (Å²) >= 11 is 1.03. The highest BCUT2D eigenvalue weighted by Gasteiger charge is 2.31. The number of amides is 1. The van der Waals surface area contributed by atoms with Gasteiger partial charge in [-0.3, -0.25) is 9.20 Å². The molecule has 3 rings (SSSR count). The zero-order valence-electron chi connectivity index (χ0n) is 14.6. The summed E-state index contributed by atoms with van der Waals surface area (Å²) in [4.78, 5) is 12.3. The van der Waals surface area contributed by atoms with E-state index in [4.69, 9.17) is 0 Å². The molecule has 5 nitrogen and oxygen atoms in total. The maximum atomic E-state index is 12.9. The Balaban J connectivity index is 1.72. The molecule has 0 fully saturated rings. The second kappa shape index (κ2) is 7.59. The van der Waals surface area contributed by atoms with Gasteiger partial charge >= 0.3 is 6.18 Å². The highest BCUT2D eigenvalue weighted by Crippen LogP contribution is 2.30. The second-order valence-electron chi connectivity index (χ2n) is 6.21. The van der Waals surface area contributed by atoms with Crippen molar-refractivity contribution in [3.63, 3.8) is 0 Å². The number of pyridine rings is 1. The molecule has 0 saturated carbocycles. The summed E-state index contributed by atoms with van der Waals surface area (Å²) in [6, 6.07) is 9.70. The molecule has 1 amide bonds. The number of aromatic nitrogens is 3. The van der Waals surface area contributed by atoms with Crippen LogP contribution in [0.2, 0.25) is 0 Å². The minimum absolute atomic E-state index is 0.00344. The number of carbonyl (C=O) groups excluding carboxylic acids is 1. The summed E-state index contributed by atoms with van der Waals surface area (Å²) in [5, 5.41) is 10.8. The van der Waals surface area contributed by atoms with Crippen molar-refractivity contribution < 1.29 is 18.0 Å². The molecule has 1 aromatic carbocycles. The lowest BCUT2D eigenvalue weighted by molar-refractivity contribution is -0.137. The molecule has 0 unspecified atom stereocenters. The second-order valence-corrected chi connectivity index (χ2v) is 7.15. The first kappa shape index (κ1) is 19.2. The van der Waals surface area contributed by atoms with E-state index in [0.717, 1.165) is 35.3 Å². The first-order chi connectivity index (χ1) is 12.8. The van der Waals surface area contributed by atoms with Gasteiger partial charge in [-0.05, 0) is 29.7 Å². The smallest absolute Gasteiger partial charge is 0.325 e. The SMILES string of the molecule is CC(C)c1ccccc1NC(=O)CSc1nnc2ccc(C(F)(F)F)cn12. The molecule has 142 valence electrons. The molecule has 0 spiro atoms. The molecule has 2 heterocycles. The number of para-hydroxylation sites is 1. The van der Waals surface area contributed by atoms with Crippen LogP contribution in [0, 0.1) is 0 Å². The highest BCUT2D eigenvalue weighted by atomic mass is 32.2. The van der Waals surface area contributed by atoms with Crippen molar-refractivity contribution in [1.82, 2.24) is 14.6 Å². The zero-order valence-corrected chi connectivity index (χ0v) is 15.4.